The molecule has 0 radical (unpaired) electrons. The highest BCUT2D eigenvalue weighted by Gasteiger charge is 2.20. The number of thiazole rings is 1. The summed E-state index contributed by atoms with van der Waals surface area (Å²) in [6.45, 7) is 0. The van der Waals surface area contributed by atoms with Crippen LogP contribution in [-0.4, -0.2) is 32.6 Å². The number of hydrogen-bond acceptors (Lipinski definition) is 5. The molecule has 0 fully saturated rings. The minimum atomic E-state index is -3.48. The van der Waals surface area contributed by atoms with Crippen LogP contribution in [0.2, 0.25) is 0 Å². The van der Waals surface area contributed by atoms with Crippen LogP contribution in [0.1, 0.15) is 10.4 Å². The molecule has 0 atom stereocenters. The van der Waals surface area contributed by atoms with Crippen LogP contribution in [0.3, 0.4) is 0 Å². The summed E-state index contributed by atoms with van der Waals surface area (Å²) in [4.78, 5) is 17.1. The van der Waals surface area contributed by atoms with E-state index in [-0.39, 0.29) is 5.56 Å². The van der Waals surface area contributed by atoms with Gasteiger partial charge in [-0.15, -0.1) is 11.3 Å². The predicted molar refractivity (Wildman–Crippen MR) is 105 cm³/mol. The van der Waals surface area contributed by atoms with Crippen molar-refractivity contribution in [3.8, 4) is 11.3 Å². The summed E-state index contributed by atoms with van der Waals surface area (Å²) in [5.41, 5.74) is 2.30. The first-order valence-electron chi connectivity index (χ1n) is 7.71. The highest BCUT2D eigenvalue weighted by molar-refractivity contribution is 7.92. The van der Waals surface area contributed by atoms with Crippen LogP contribution in [0.15, 0.2) is 60.0 Å². The van der Waals surface area contributed by atoms with Gasteiger partial charge in [-0.2, -0.15) is 0 Å². The van der Waals surface area contributed by atoms with E-state index in [0.29, 0.717) is 10.8 Å². The Kier molecular flexibility index (Phi) is 5.06. The summed E-state index contributed by atoms with van der Waals surface area (Å²) in [7, 11) is -2.06. The number of nitrogens with one attached hydrogen (secondary N) is 1. The van der Waals surface area contributed by atoms with E-state index in [9.17, 15) is 13.2 Å². The molecule has 26 heavy (non-hydrogen) atoms. The first kappa shape index (κ1) is 18.1. The van der Waals surface area contributed by atoms with Gasteiger partial charge in [0.25, 0.3) is 5.91 Å². The third-order valence-corrected chi connectivity index (χ3v) is 5.73. The summed E-state index contributed by atoms with van der Waals surface area (Å²) < 4.78 is 24.7. The van der Waals surface area contributed by atoms with E-state index in [2.05, 4.69) is 10.3 Å². The van der Waals surface area contributed by atoms with Gasteiger partial charge in [-0.3, -0.25) is 14.4 Å². The van der Waals surface area contributed by atoms with E-state index in [1.165, 1.54) is 18.4 Å². The molecule has 0 aliphatic heterocycles. The topological polar surface area (TPSA) is 79.4 Å². The van der Waals surface area contributed by atoms with Crippen molar-refractivity contribution in [3.63, 3.8) is 0 Å². The molecule has 1 N–H and O–H groups in total. The van der Waals surface area contributed by atoms with Gasteiger partial charge in [0.15, 0.2) is 5.13 Å². The number of hydrogen-bond donors (Lipinski definition) is 1. The molecule has 0 bridgehead atoms. The van der Waals surface area contributed by atoms with E-state index in [4.69, 9.17) is 0 Å². The number of amides is 1. The molecule has 0 aliphatic carbocycles. The molecule has 3 aromatic rings. The first-order chi connectivity index (χ1) is 12.4. The quantitative estimate of drug-likeness (QED) is 0.727. The predicted octanol–water partition coefficient (Wildman–Crippen LogP) is 3.46. The fourth-order valence-electron chi connectivity index (χ4n) is 2.36. The van der Waals surface area contributed by atoms with E-state index in [0.717, 1.165) is 21.8 Å². The van der Waals surface area contributed by atoms with Crippen LogP contribution in [0.4, 0.5) is 10.8 Å². The zero-order valence-electron chi connectivity index (χ0n) is 14.2. The zero-order chi connectivity index (χ0) is 18.7. The van der Waals surface area contributed by atoms with Gasteiger partial charge < -0.3 is 0 Å². The SMILES string of the molecule is CN(c1ccccc1C(=O)Nc1nc(-c2ccccc2)cs1)S(C)(=O)=O. The summed E-state index contributed by atoms with van der Waals surface area (Å²) in [6.07, 6.45) is 1.09. The van der Waals surface area contributed by atoms with Crippen molar-refractivity contribution in [2.45, 2.75) is 0 Å². The molecule has 0 spiro atoms. The number of nitrogens with zero attached hydrogens (tertiary/aromatic N) is 2. The lowest BCUT2D eigenvalue weighted by molar-refractivity contribution is 0.102. The number of carbonyl (C=O) groups is 1. The smallest absolute Gasteiger partial charge is 0.259 e. The number of para-hydroxylation sites is 1. The molecule has 2 aromatic carbocycles. The number of carbonyl (C=O) groups excluding carboxylic acids is 1. The molecular formula is C18H17N3O3S2. The van der Waals surface area contributed by atoms with Crippen molar-refractivity contribution in [2.24, 2.45) is 0 Å². The van der Waals surface area contributed by atoms with E-state index in [1.54, 1.807) is 24.3 Å². The van der Waals surface area contributed by atoms with Crippen LogP contribution in [0.5, 0.6) is 0 Å². The van der Waals surface area contributed by atoms with Crippen LogP contribution in [-0.2, 0) is 10.0 Å². The second kappa shape index (κ2) is 7.27. The summed E-state index contributed by atoms with van der Waals surface area (Å²) >= 11 is 1.31. The molecular weight excluding hydrogens is 370 g/mol. The van der Waals surface area contributed by atoms with Gasteiger partial charge in [-0.1, -0.05) is 42.5 Å². The largest absolute Gasteiger partial charge is 0.298 e. The number of aromatic nitrogens is 1. The Hall–Kier alpha value is -2.71. The van der Waals surface area contributed by atoms with Crippen molar-refractivity contribution in [1.82, 2.24) is 4.98 Å². The van der Waals surface area contributed by atoms with Gasteiger partial charge in [0.1, 0.15) is 0 Å². The minimum absolute atomic E-state index is 0.261. The molecule has 0 unspecified atom stereocenters. The average molecular weight is 387 g/mol. The second-order valence-corrected chi connectivity index (χ2v) is 8.48. The van der Waals surface area contributed by atoms with E-state index >= 15 is 0 Å². The summed E-state index contributed by atoms with van der Waals surface area (Å²) in [5.74, 6) is -0.412. The van der Waals surface area contributed by atoms with Crippen molar-refractivity contribution in [3.05, 3.63) is 65.5 Å². The lowest BCUT2D eigenvalue weighted by atomic mass is 10.1. The van der Waals surface area contributed by atoms with Crippen molar-refractivity contribution >= 4 is 38.1 Å². The fraction of sp³-hybridized carbons (Fsp3) is 0.111. The van der Waals surface area contributed by atoms with Gasteiger partial charge in [0, 0.05) is 18.0 Å². The van der Waals surface area contributed by atoms with E-state index in [1.807, 2.05) is 35.7 Å². The summed E-state index contributed by atoms with van der Waals surface area (Å²) in [6, 6.07) is 16.2. The average Bonchev–Trinajstić information content (AvgIpc) is 3.09. The maximum Gasteiger partial charge on any atom is 0.259 e. The molecule has 0 aliphatic rings. The van der Waals surface area contributed by atoms with E-state index < -0.39 is 15.9 Å². The van der Waals surface area contributed by atoms with Gasteiger partial charge in [-0.25, -0.2) is 13.4 Å². The highest BCUT2D eigenvalue weighted by Crippen LogP contribution is 2.26. The number of anilines is 2. The maximum absolute atomic E-state index is 12.6. The molecule has 3 rings (SSSR count). The molecule has 0 saturated carbocycles. The molecule has 1 amide bonds. The number of sulfonamides is 1. The molecule has 8 heteroatoms. The normalized spacial score (nSPS) is 11.2. The van der Waals surface area contributed by atoms with Gasteiger partial charge in [-0.05, 0) is 12.1 Å². The molecule has 0 saturated heterocycles. The first-order valence-corrected chi connectivity index (χ1v) is 10.4. The van der Waals surface area contributed by atoms with Crippen LogP contribution >= 0.6 is 11.3 Å². The Labute approximate surface area is 156 Å². The Morgan fingerprint density at radius 3 is 2.42 bits per heavy atom. The third-order valence-electron chi connectivity index (χ3n) is 3.78. The summed E-state index contributed by atoms with van der Waals surface area (Å²) in [5, 5.41) is 5.05. The number of rotatable bonds is 5. The lowest BCUT2D eigenvalue weighted by Crippen LogP contribution is -2.27. The Bertz CT molecular complexity index is 1030. The lowest BCUT2D eigenvalue weighted by Gasteiger charge is -2.19. The molecule has 1 aromatic heterocycles. The van der Waals surface area contributed by atoms with Gasteiger partial charge >= 0.3 is 0 Å². The van der Waals surface area contributed by atoms with Crippen LogP contribution in [0, 0.1) is 0 Å². The Morgan fingerprint density at radius 1 is 1.08 bits per heavy atom. The molecule has 6 nitrogen and oxygen atoms in total. The zero-order valence-corrected chi connectivity index (χ0v) is 15.8. The van der Waals surface area contributed by atoms with Crippen molar-refractivity contribution in [1.29, 1.82) is 0 Å². The van der Waals surface area contributed by atoms with Crippen LogP contribution < -0.4 is 9.62 Å². The second-order valence-electron chi connectivity index (χ2n) is 5.61. The maximum atomic E-state index is 12.6. The Balaban J connectivity index is 1.85. The standard InChI is InChI=1S/C18H17N3O3S2/c1-21(26(2,23)24)16-11-7-6-10-14(16)17(22)20-18-19-15(12-25-18)13-8-4-3-5-9-13/h3-12H,1-2H3,(H,19,20,22). The highest BCUT2D eigenvalue weighted by atomic mass is 32.2. The van der Waals surface area contributed by atoms with Crippen molar-refractivity contribution in [2.75, 3.05) is 22.9 Å². The molecule has 134 valence electrons. The third kappa shape index (κ3) is 3.92. The monoisotopic (exact) mass is 387 g/mol. The molecule has 1 heterocycles. The van der Waals surface area contributed by atoms with Gasteiger partial charge in [0.05, 0.1) is 23.2 Å². The van der Waals surface area contributed by atoms with Gasteiger partial charge in [0.2, 0.25) is 10.0 Å². The fourth-order valence-corrected chi connectivity index (χ4v) is 3.59. The Morgan fingerprint density at radius 2 is 1.73 bits per heavy atom. The van der Waals surface area contributed by atoms with Crippen LogP contribution in [0.25, 0.3) is 11.3 Å². The number of benzene rings is 2. The van der Waals surface area contributed by atoms with Crippen molar-refractivity contribution < 1.29 is 13.2 Å². The minimum Gasteiger partial charge on any atom is -0.298 e.